The Labute approximate surface area is 118 Å². The minimum Gasteiger partial charge on any atom is -0.481 e. The Bertz CT molecular complexity index is 466. The Balaban J connectivity index is 2.04. The molecule has 20 heavy (non-hydrogen) atoms. The van der Waals surface area contributed by atoms with Gasteiger partial charge in [-0.15, -0.1) is 0 Å². The van der Waals surface area contributed by atoms with Crippen LogP contribution in [-0.2, 0) is 16.0 Å². The van der Waals surface area contributed by atoms with Gasteiger partial charge in [-0.05, 0) is 25.0 Å². The lowest BCUT2D eigenvalue weighted by Crippen LogP contribution is -2.51. The number of ether oxygens (including phenoxy) is 1. The highest BCUT2D eigenvalue weighted by Gasteiger charge is 2.29. The minimum atomic E-state index is -0.830. The third-order valence-corrected chi connectivity index (χ3v) is 3.72. The van der Waals surface area contributed by atoms with Crippen molar-refractivity contribution >= 4 is 5.97 Å². The average molecular weight is 281 g/mol. The van der Waals surface area contributed by atoms with Crippen LogP contribution in [0.15, 0.2) is 24.3 Å². The van der Waals surface area contributed by atoms with Crippen molar-refractivity contribution in [3.8, 4) is 0 Å². The summed E-state index contributed by atoms with van der Waals surface area (Å²) in [6, 6.07) is 6.67. The topological polar surface area (TPSA) is 49.8 Å². The molecule has 1 aromatic rings. The highest BCUT2D eigenvalue weighted by atomic mass is 19.1. The summed E-state index contributed by atoms with van der Waals surface area (Å²) in [5.41, 5.74) is 0.667. The summed E-state index contributed by atoms with van der Waals surface area (Å²) >= 11 is 0. The third-order valence-electron chi connectivity index (χ3n) is 3.72. The Kier molecular flexibility index (Phi) is 5.09. The molecule has 1 aromatic carbocycles. The lowest BCUT2D eigenvalue weighted by Gasteiger charge is -2.39. The van der Waals surface area contributed by atoms with E-state index in [2.05, 4.69) is 4.90 Å². The van der Waals surface area contributed by atoms with Gasteiger partial charge in [0.1, 0.15) is 5.82 Å². The molecule has 0 aliphatic carbocycles. The zero-order valence-corrected chi connectivity index (χ0v) is 11.6. The fraction of sp³-hybridized carbons (Fsp3) is 0.533. The SMILES string of the molecule is CC(Cc1ccccc1F)N1CCOCC1CC(=O)O. The van der Waals surface area contributed by atoms with Gasteiger partial charge < -0.3 is 9.84 Å². The molecule has 4 nitrogen and oxygen atoms in total. The van der Waals surface area contributed by atoms with E-state index in [1.54, 1.807) is 12.1 Å². The molecule has 1 saturated heterocycles. The van der Waals surface area contributed by atoms with Gasteiger partial charge >= 0.3 is 5.97 Å². The first-order chi connectivity index (χ1) is 9.58. The van der Waals surface area contributed by atoms with E-state index < -0.39 is 5.97 Å². The molecule has 2 unspecified atom stereocenters. The molecule has 1 fully saturated rings. The van der Waals surface area contributed by atoms with Crippen LogP contribution >= 0.6 is 0 Å². The second-order valence-electron chi connectivity index (χ2n) is 5.21. The van der Waals surface area contributed by atoms with Crippen molar-refractivity contribution in [2.24, 2.45) is 0 Å². The molecule has 1 heterocycles. The Morgan fingerprint density at radius 3 is 3.00 bits per heavy atom. The van der Waals surface area contributed by atoms with E-state index in [0.29, 0.717) is 31.7 Å². The highest BCUT2D eigenvalue weighted by molar-refractivity contribution is 5.67. The number of nitrogens with zero attached hydrogens (tertiary/aromatic N) is 1. The minimum absolute atomic E-state index is 0.0572. The lowest BCUT2D eigenvalue weighted by atomic mass is 10.0. The second kappa shape index (κ2) is 6.81. The summed E-state index contributed by atoms with van der Waals surface area (Å²) in [6.45, 7) is 3.71. The first-order valence-electron chi connectivity index (χ1n) is 6.86. The average Bonchev–Trinajstić information content (AvgIpc) is 2.41. The molecule has 0 amide bonds. The van der Waals surface area contributed by atoms with Crippen molar-refractivity contribution < 1.29 is 19.0 Å². The van der Waals surface area contributed by atoms with Crippen molar-refractivity contribution in [2.45, 2.75) is 31.8 Å². The van der Waals surface area contributed by atoms with Crippen molar-refractivity contribution in [1.82, 2.24) is 4.90 Å². The number of rotatable bonds is 5. The highest BCUT2D eigenvalue weighted by Crippen LogP contribution is 2.18. The number of benzene rings is 1. The molecule has 0 saturated carbocycles. The molecule has 0 bridgehead atoms. The fourth-order valence-electron chi connectivity index (χ4n) is 2.73. The molecule has 5 heteroatoms. The Morgan fingerprint density at radius 2 is 2.30 bits per heavy atom. The van der Waals surface area contributed by atoms with Crippen molar-refractivity contribution in [3.05, 3.63) is 35.6 Å². The molecule has 1 aliphatic rings. The van der Waals surface area contributed by atoms with Gasteiger partial charge in [-0.2, -0.15) is 0 Å². The normalized spacial score (nSPS) is 21.6. The summed E-state index contributed by atoms with van der Waals surface area (Å²) in [7, 11) is 0. The zero-order chi connectivity index (χ0) is 14.5. The van der Waals surface area contributed by atoms with Gasteiger partial charge in [0.05, 0.1) is 19.6 Å². The van der Waals surface area contributed by atoms with Gasteiger partial charge in [0.25, 0.3) is 0 Å². The zero-order valence-electron chi connectivity index (χ0n) is 11.6. The van der Waals surface area contributed by atoms with Crippen LogP contribution in [0, 0.1) is 5.82 Å². The summed E-state index contributed by atoms with van der Waals surface area (Å²) in [5, 5.41) is 8.96. The predicted octanol–water partition coefficient (Wildman–Crippen LogP) is 1.93. The Morgan fingerprint density at radius 1 is 1.55 bits per heavy atom. The van der Waals surface area contributed by atoms with Crippen LogP contribution in [0.1, 0.15) is 18.9 Å². The van der Waals surface area contributed by atoms with Crippen LogP contribution in [0.3, 0.4) is 0 Å². The van der Waals surface area contributed by atoms with Crippen LogP contribution in [0.5, 0.6) is 0 Å². The monoisotopic (exact) mass is 281 g/mol. The van der Waals surface area contributed by atoms with E-state index in [1.807, 2.05) is 13.0 Å². The number of morpholine rings is 1. The maximum absolute atomic E-state index is 13.7. The number of aliphatic carboxylic acids is 1. The van der Waals surface area contributed by atoms with Crippen LogP contribution in [0.25, 0.3) is 0 Å². The third kappa shape index (κ3) is 3.77. The largest absolute Gasteiger partial charge is 0.481 e. The maximum Gasteiger partial charge on any atom is 0.305 e. The predicted molar refractivity (Wildman–Crippen MR) is 73.1 cm³/mol. The van der Waals surface area contributed by atoms with Crippen molar-refractivity contribution in [3.63, 3.8) is 0 Å². The first kappa shape index (κ1) is 14.9. The summed E-state index contributed by atoms with van der Waals surface area (Å²) < 4.78 is 19.0. The standard InChI is InChI=1S/C15H20FNO3/c1-11(8-12-4-2-3-5-14(12)16)17-6-7-20-10-13(17)9-15(18)19/h2-5,11,13H,6-10H2,1H3,(H,18,19). The molecule has 0 spiro atoms. The van der Waals surface area contributed by atoms with Gasteiger partial charge in [0.2, 0.25) is 0 Å². The van der Waals surface area contributed by atoms with Gasteiger partial charge in [0.15, 0.2) is 0 Å². The molecule has 1 aliphatic heterocycles. The van der Waals surface area contributed by atoms with Gasteiger partial charge in [0, 0.05) is 18.6 Å². The van der Waals surface area contributed by atoms with E-state index in [4.69, 9.17) is 9.84 Å². The van der Waals surface area contributed by atoms with Crippen molar-refractivity contribution in [2.75, 3.05) is 19.8 Å². The van der Waals surface area contributed by atoms with E-state index in [1.165, 1.54) is 6.07 Å². The summed E-state index contributed by atoms with van der Waals surface area (Å²) in [6.07, 6.45) is 0.629. The second-order valence-corrected chi connectivity index (χ2v) is 5.21. The fourth-order valence-corrected chi connectivity index (χ4v) is 2.73. The van der Waals surface area contributed by atoms with Crippen LogP contribution < -0.4 is 0 Å². The number of carbonyl (C=O) groups is 1. The van der Waals surface area contributed by atoms with Crippen molar-refractivity contribution in [1.29, 1.82) is 0 Å². The maximum atomic E-state index is 13.7. The van der Waals surface area contributed by atoms with E-state index in [0.717, 1.165) is 0 Å². The molecular weight excluding hydrogens is 261 g/mol. The Hall–Kier alpha value is -1.46. The molecule has 2 rings (SSSR count). The van der Waals surface area contributed by atoms with Crippen LogP contribution in [0.4, 0.5) is 4.39 Å². The van der Waals surface area contributed by atoms with Gasteiger partial charge in [-0.25, -0.2) is 4.39 Å². The van der Waals surface area contributed by atoms with Gasteiger partial charge in [-0.1, -0.05) is 18.2 Å². The number of carboxylic acids is 1. The summed E-state index contributed by atoms with van der Waals surface area (Å²) in [5.74, 6) is -1.04. The molecular formula is C15H20FNO3. The van der Waals surface area contributed by atoms with E-state index >= 15 is 0 Å². The summed E-state index contributed by atoms with van der Waals surface area (Å²) in [4.78, 5) is 13.0. The van der Waals surface area contributed by atoms with E-state index in [9.17, 15) is 9.18 Å². The van der Waals surface area contributed by atoms with Crippen LogP contribution in [-0.4, -0.2) is 47.8 Å². The number of halogens is 1. The number of hydrogen-bond donors (Lipinski definition) is 1. The molecule has 0 aromatic heterocycles. The van der Waals surface area contributed by atoms with Crippen LogP contribution in [0.2, 0.25) is 0 Å². The van der Waals surface area contributed by atoms with Gasteiger partial charge in [-0.3, -0.25) is 9.69 Å². The molecule has 2 atom stereocenters. The lowest BCUT2D eigenvalue weighted by molar-refractivity contribution is -0.140. The van der Waals surface area contributed by atoms with E-state index in [-0.39, 0.29) is 24.3 Å². The number of carboxylic acid groups (broad SMARTS) is 1. The first-order valence-corrected chi connectivity index (χ1v) is 6.86. The molecule has 0 radical (unpaired) electrons. The molecule has 1 N–H and O–H groups in total. The number of hydrogen-bond acceptors (Lipinski definition) is 3. The smallest absolute Gasteiger partial charge is 0.305 e. The quantitative estimate of drug-likeness (QED) is 0.896. The molecule has 110 valence electrons.